The van der Waals surface area contributed by atoms with Crippen LogP contribution in [0.5, 0.6) is 0 Å². The summed E-state index contributed by atoms with van der Waals surface area (Å²) in [6, 6.07) is -0.191. The lowest BCUT2D eigenvalue weighted by Gasteiger charge is -2.19. The number of rotatable bonds is 4. The van der Waals surface area contributed by atoms with Gasteiger partial charge in [-0.2, -0.15) is 0 Å². The quantitative estimate of drug-likeness (QED) is 0.936. The smallest absolute Gasteiger partial charge is 0.262 e. The first-order chi connectivity index (χ1) is 8.95. The van der Waals surface area contributed by atoms with E-state index >= 15 is 0 Å². The average Bonchev–Trinajstić information content (AvgIpc) is 2.64. The highest BCUT2D eigenvalue weighted by atomic mass is 32.1. The fourth-order valence-electron chi connectivity index (χ4n) is 2.33. The van der Waals surface area contributed by atoms with Gasteiger partial charge < -0.3 is 5.11 Å². The monoisotopic (exact) mass is 280 g/mol. The Hall–Kier alpha value is -1.20. The Labute approximate surface area is 116 Å². The molecule has 2 heterocycles. The summed E-state index contributed by atoms with van der Waals surface area (Å²) in [5.74, 6) is 0.421. The molecule has 0 saturated carbocycles. The Kier molecular flexibility index (Phi) is 4.06. The van der Waals surface area contributed by atoms with Crippen LogP contribution in [0.25, 0.3) is 10.2 Å². The first kappa shape index (κ1) is 14.2. The van der Waals surface area contributed by atoms with Crippen LogP contribution in [0.3, 0.4) is 0 Å². The largest absolute Gasteiger partial charge is 0.394 e. The molecule has 2 aromatic heterocycles. The summed E-state index contributed by atoms with van der Waals surface area (Å²) >= 11 is 1.55. The van der Waals surface area contributed by atoms with Crippen LogP contribution in [0, 0.1) is 19.8 Å². The third kappa shape index (κ3) is 2.58. The molecule has 0 aromatic carbocycles. The number of thiophene rings is 1. The minimum absolute atomic E-state index is 0.0343. The molecule has 0 amide bonds. The first-order valence-corrected chi connectivity index (χ1v) is 7.35. The van der Waals surface area contributed by atoms with Crippen molar-refractivity contribution >= 4 is 21.6 Å². The molecule has 0 fully saturated rings. The van der Waals surface area contributed by atoms with Crippen molar-refractivity contribution in [3.05, 3.63) is 27.1 Å². The summed E-state index contributed by atoms with van der Waals surface area (Å²) in [6.45, 7) is 8.09. The van der Waals surface area contributed by atoms with Gasteiger partial charge in [0.2, 0.25) is 0 Å². The molecule has 0 aliphatic heterocycles. The third-order valence-corrected chi connectivity index (χ3v) is 4.58. The predicted octanol–water partition coefficient (Wildman–Crippen LogP) is 2.65. The number of aliphatic hydroxyl groups is 1. The second kappa shape index (κ2) is 5.43. The van der Waals surface area contributed by atoms with E-state index in [-0.39, 0.29) is 18.2 Å². The topological polar surface area (TPSA) is 55.1 Å². The molecule has 4 nitrogen and oxygen atoms in total. The maximum Gasteiger partial charge on any atom is 0.262 e. The number of aryl methyl sites for hydroxylation is 2. The van der Waals surface area contributed by atoms with Crippen LogP contribution in [-0.2, 0) is 0 Å². The van der Waals surface area contributed by atoms with E-state index in [4.69, 9.17) is 0 Å². The maximum absolute atomic E-state index is 12.6. The number of nitrogens with zero attached hydrogens (tertiary/aromatic N) is 2. The number of hydrogen-bond donors (Lipinski definition) is 1. The van der Waals surface area contributed by atoms with E-state index in [0.717, 1.165) is 21.7 Å². The van der Waals surface area contributed by atoms with Gasteiger partial charge in [0.25, 0.3) is 5.56 Å². The standard InChI is InChI=1S/C14H20N2O2S/c1-8(2)5-11(6-17)16-7-15-13-12(14(16)18)9(3)10(4)19-13/h7-8,11,17H,5-6H2,1-4H3/t11-/m0/s1. The lowest BCUT2D eigenvalue weighted by Crippen LogP contribution is -2.28. The highest BCUT2D eigenvalue weighted by Gasteiger charge is 2.18. The molecule has 2 rings (SSSR count). The molecule has 0 bridgehead atoms. The lowest BCUT2D eigenvalue weighted by molar-refractivity contribution is 0.205. The van der Waals surface area contributed by atoms with Gasteiger partial charge in [-0.3, -0.25) is 9.36 Å². The zero-order chi connectivity index (χ0) is 14.2. The van der Waals surface area contributed by atoms with Gasteiger partial charge >= 0.3 is 0 Å². The fourth-order valence-corrected chi connectivity index (χ4v) is 3.32. The summed E-state index contributed by atoms with van der Waals surface area (Å²) in [6.07, 6.45) is 2.34. The molecule has 5 heteroatoms. The van der Waals surface area contributed by atoms with Gasteiger partial charge in [-0.15, -0.1) is 11.3 Å². The van der Waals surface area contributed by atoms with Crippen molar-refractivity contribution in [1.29, 1.82) is 0 Å². The van der Waals surface area contributed by atoms with Crippen molar-refractivity contribution in [2.45, 2.75) is 40.2 Å². The Morgan fingerprint density at radius 3 is 2.68 bits per heavy atom. The molecule has 0 saturated heterocycles. The van der Waals surface area contributed by atoms with Gasteiger partial charge in [0.15, 0.2) is 0 Å². The second-order valence-corrected chi connectivity index (χ2v) is 6.59. The Morgan fingerprint density at radius 2 is 2.11 bits per heavy atom. The SMILES string of the molecule is Cc1sc2ncn([C@H](CO)CC(C)C)c(=O)c2c1C. The van der Waals surface area contributed by atoms with Crippen LogP contribution in [0.4, 0.5) is 0 Å². The van der Waals surface area contributed by atoms with Crippen LogP contribution >= 0.6 is 11.3 Å². The van der Waals surface area contributed by atoms with E-state index in [1.54, 1.807) is 22.2 Å². The molecular weight excluding hydrogens is 260 g/mol. The minimum atomic E-state index is -0.191. The highest BCUT2D eigenvalue weighted by molar-refractivity contribution is 7.18. The number of hydrogen-bond acceptors (Lipinski definition) is 4. The van der Waals surface area contributed by atoms with E-state index in [9.17, 15) is 9.90 Å². The molecule has 1 atom stereocenters. The molecule has 0 radical (unpaired) electrons. The highest BCUT2D eigenvalue weighted by Crippen LogP contribution is 2.26. The lowest BCUT2D eigenvalue weighted by atomic mass is 10.0. The van der Waals surface area contributed by atoms with Gasteiger partial charge in [0.05, 0.1) is 24.4 Å². The normalized spacial score (nSPS) is 13.4. The van der Waals surface area contributed by atoms with E-state index in [1.807, 2.05) is 13.8 Å². The molecular formula is C14H20N2O2S. The third-order valence-electron chi connectivity index (χ3n) is 3.46. The van der Waals surface area contributed by atoms with E-state index < -0.39 is 0 Å². The van der Waals surface area contributed by atoms with Crippen molar-refractivity contribution in [2.24, 2.45) is 5.92 Å². The van der Waals surface area contributed by atoms with Gasteiger partial charge in [-0.25, -0.2) is 4.98 Å². The summed E-state index contributed by atoms with van der Waals surface area (Å²) < 4.78 is 1.58. The van der Waals surface area contributed by atoms with E-state index in [1.165, 1.54) is 0 Å². The molecule has 0 spiro atoms. The number of aliphatic hydroxyl groups excluding tert-OH is 1. The Morgan fingerprint density at radius 1 is 1.42 bits per heavy atom. The van der Waals surface area contributed by atoms with Gasteiger partial charge in [-0.1, -0.05) is 13.8 Å². The zero-order valence-corrected chi connectivity index (χ0v) is 12.6. The zero-order valence-electron chi connectivity index (χ0n) is 11.8. The molecule has 0 aliphatic carbocycles. The molecule has 2 aromatic rings. The first-order valence-electron chi connectivity index (χ1n) is 6.53. The Bertz CT molecular complexity index is 643. The maximum atomic E-state index is 12.6. The van der Waals surface area contributed by atoms with E-state index in [2.05, 4.69) is 18.8 Å². The average molecular weight is 280 g/mol. The summed E-state index contributed by atoms with van der Waals surface area (Å²) in [4.78, 5) is 18.8. The molecule has 104 valence electrons. The molecule has 0 unspecified atom stereocenters. The van der Waals surface area contributed by atoms with Crippen LogP contribution in [0.15, 0.2) is 11.1 Å². The van der Waals surface area contributed by atoms with Crippen molar-refractivity contribution in [2.75, 3.05) is 6.61 Å². The predicted molar refractivity (Wildman–Crippen MR) is 78.9 cm³/mol. The van der Waals surface area contributed by atoms with Crippen LogP contribution in [-0.4, -0.2) is 21.3 Å². The second-order valence-electron chi connectivity index (χ2n) is 5.39. The Balaban J connectivity index is 2.58. The van der Waals surface area contributed by atoms with Gasteiger partial charge in [-0.05, 0) is 31.7 Å². The van der Waals surface area contributed by atoms with Crippen molar-refractivity contribution in [3.8, 4) is 0 Å². The van der Waals surface area contributed by atoms with Crippen molar-refractivity contribution < 1.29 is 5.11 Å². The summed E-state index contributed by atoms with van der Waals surface area (Å²) in [7, 11) is 0. The summed E-state index contributed by atoms with van der Waals surface area (Å²) in [5, 5.41) is 10.2. The van der Waals surface area contributed by atoms with Gasteiger partial charge in [0.1, 0.15) is 4.83 Å². The number of fused-ring (bicyclic) bond motifs is 1. The molecule has 19 heavy (non-hydrogen) atoms. The van der Waals surface area contributed by atoms with Crippen LogP contribution in [0.2, 0.25) is 0 Å². The fraction of sp³-hybridized carbons (Fsp3) is 0.571. The van der Waals surface area contributed by atoms with Crippen molar-refractivity contribution in [1.82, 2.24) is 9.55 Å². The summed E-state index contributed by atoms with van der Waals surface area (Å²) in [5.41, 5.74) is 0.972. The van der Waals surface area contributed by atoms with Gasteiger partial charge in [0, 0.05) is 4.88 Å². The van der Waals surface area contributed by atoms with Crippen LogP contribution < -0.4 is 5.56 Å². The van der Waals surface area contributed by atoms with Crippen molar-refractivity contribution in [3.63, 3.8) is 0 Å². The van der Waals surface area contributed by atoms with Crippen LogP contribution in [0.1, 0.15) is 36.8 Å². The molecule has 0 aliphatic rings. The van der Waals surface area contributed by atoms with E-state index in [0.29, 0.717) is 11.3 Å². The minimum Gasteiger partial charge on any atom is -0.394 e. The number of aromatic nitrogens is 2. The molecule has 1 N–H and O–H groups in total.